The fourth-order valence-corrected chi connectivity index (χ4v) is 2.17. The third kappa shape index (κ3) is 6.95. The van der Waals surface area contributed by atoms with E-state index in [1.54, 1.807) is 0 Å². The molecule has 0 bridgehead atoms. The minimum absolute atomic E-state index is 0. The van der Waals surface area contributed by atoms with Crippen LogP contribution in [0.15, 0.2) is 28.7 Å². The molecule has 0 aliphatic heterocycles. The van der Waals surface area contributed by atoms with Gasteiger partial charge in [-0.25, -0.2) is 0 Å². The van der Waals surface area contributed by atoms with Crippen molar-refractivity contribution in [1.82, 2.24) is 0 Å². The van der Waals surface area contributed by atoms with Crippen LogP contribution in [0, 0.1) is 0 Å². The van der Waals surface area contributed by atoms with Crippen LogP contribution in [0.3, 0.4) is 0 Å². The van der Waals surface area contributed by atoms with E-state index in [1.165, 1.54) is 5.56 Å². The van der Waals surface area contributed by atoms with Crippen molar-refractivity contribution in [3.8, 4) is 0 Å². The Morgan fingerprint density at radius 2 is 2.00 bits per heavy atom. The van der Waals surface area contributed by atoms with Crippen LogP contribution in [0.4, 0.5) is 0 Å². The Balaban J connectivity index is 0.00000324. The molecule has 0 spiro atoms. The lowest BCUT2D eigenvalue weighted by Crippen LogP contribution is -2.12. The molecule has 108 valence electrons. The first kappa shape index (κ1) is 18.4. The minimum atomic E-state index is -0.137. The lowest BCUT2D eigenvalue weighted by molar-refractivity contribution is -0.143. The molecule has 0 heterocycles. The summed E-state index contributed by atoms with van der Waals surface area (Å²) in [7, 11) is 0. The van der Waals surface area contributed by atoms with E-state index in [4.69, 9.17) is 10.5 Å². The molecule has 0 fully saturated rings. The van der Waals surface area contributed by atoms with E-state index in [2.05, 4.69) is 15.9 Å². The highest BCUT2D eigenvalue weighted by Gasteiger charge is 2.16. The summed E-state index contributed by atoms with van der Waals surface area (Å²) in [6.07, 6.45) is 2.26. The largest absolute Gasteiger partial charge is 0.466 e. The van der Waals surface area contributed by atoms with Crippen molar-refractivity contribution < 1.29 is 9.53 Å². The monoisotopic (exact) mass is 349 g/mol. The van der Waals surface area contributed by atoms with Gasteiger partial charge in [-0.3, -0.25) is 4.79 Å². The summed E-state index contributed by atoms with van der Waals surface area (Å²) in [5, 5.41) is 0. The molecule has 1 atom stereocenters. The highest BCUT2D eigenvalue weighted by Crippen LogP contribution is 2.26. The third-order valence-electron chi connectivity index (χ3n) is 2.82. The molecular formula is C14H21BrClNO2. The number of esters is 1. The van der Waals surface area contributed by atoms with Crippen LogP contribution in [0.25, 0.3) is 0 Å². The lowest BCUT2D eigenvalue weighted by Gasteiger charge is -2.16. The van der Waals surface area contributed by atoms with E-state index in [9.17, 15) is 4.79 Å². The molecule has 5 heteroatoms. The molecule has 0 amide bonds. The normalized spacial score (nSPS) is 11.5. The number of ether oxygens (including phenoxy) is 1. The van der Waals surface area contributed by atoms with Gasteiger partial charge in [0.15, 0.2) is 0 Å². The van der Waals surface area contributed by atoms with Gasteiger partial charge in [0.25, 0.3) is 0 Å². The molecule has 0 saturated heterocycles. The number of carbonyl (C=O) groups excluding carboxylic acids is 1. The first-order valence-electron chi connectivity index (χ1n) is 6.28. The van der Waals surface area contributed by atoms with E-state index >= 15 is 0 Å². The summed E-state index contributed by atoms with van der Waals surface area (Å²) in [5.41, 5.74) is 6.71. The molecule has 0 aliphatic rings. The van der Waals surface area contributed by atoms with Crippen LogP contribution in [0.2, 0.25) is 0 Å². The van der Waals surface area contributed by atoms with Crippen LogP contribution in [-0.2, 0) is 9.53 Å². The fraction of sp³-hybridized carbons (Fsp3) is 0.500. The van der Waals surface area contributed by atoms with E-state index in [-0.39, 0.29) is 24.3 Å². The van der Waals surface area contributed by atoms with Crippen molar-refractivity contribution >= 4 is 34.3 Å². The summed E-state index contributed by atoms with van der Waals surface area (Å²) in [4.78, 5) is 11.6. The summed E-state index contributed by atoms with van der Waals surface area (Å²) in [6.45, 7) is 2.91. The fourth-order valence-electron chi connectivity index (χ4n) is 1.91. The van der Waals surface area contributed by atoms with Gasteiger partial charge in [0.05, 0.1) is 13.0 Å². The molecule has 2 N–H and O–H groups in total. The first-order chi connectivity index (χ1) is 8.67. The quantitative estimate of drug-likeness (QED) is 0.764. The second-order valence-electron chi connectivity index (χ2n) is 4.19. The number of hydrogen-bond acceptors (Lipinski definition) is 3. The van der Waals surface area contributed by atoms with Crippen molar-refractivity contribution in [2.24, 2.45) is 5.73 Å². The molecular weight excluding hydrogens is 330 g/mol. The SMILES string of the molecule is CCOC(=O)CC(CCCN)c1ccc(Br)cc1.Cl. The van der Waals surface area contributed by atoms with Crippen molar-refractivity contribution in [2.75, 3.05) is 13.2 Å². The number of halogens is 2. The third-order valence-corrected chi connectivity index (χ3v) is 3.35. The number of hydrogen-bond donors (Lipinski definition) is 1. The average Bonchev–Trinajstić information content (AvgIpc) is 2.36. The Hall–Kier alpha value is -0.580. The number of carbonyl (C=O) groups is 1. The van der Waals surface area contributed by atoms with Gasteiger partial charge >= 0.3 is 5.97 Å². The Morgan fingerprint density at radius 3 is 2.53 bits per heavy atom. The minimum Gasteiger partial charge on any atom is -0.466 e. The van der Waals surface area contributed by atoms with Gasteiger partial charge in [-0.1, -0.05) is 28.1 Å². The predicted octanol–water partition coefficient (Wildman–Crippen LogP) is 3.65. The van der Waals surface area contributed by atoms with Gasteiger partial charge in [-0.15, -0.1) is 12.4 Å². The van der Waals surface area contributed by atoms with Crippen molar-refractivity contribution in [3.63, 3.8) is 0 Å². The topological polar surface area (TPSA) is 52.3 Å². The maximum absolute atomic E-state index is 11.6. The van der Waals surface area contributed by atoms with E-state index in [0.29, 0.717) is 19.6 Å². The highest BCUT2D eigenvalue weighted by atomic mass is 79.9. The summed E-state index contributed by atoms with van der Waals surface area (Å²) in [6, 6.07) is 8.08. The van der Waals surface area contributed by atoms with Gasteiger partial charge in [-0.2, -0.15) is 0 Å². The zero-order valence-corrected chi connectivity index (χ0v) is 13.5. The summed E-state index contributed by atoms with van der Waals surface area (Å²) >= 11 is 3.41. The van der Waals surface area contributed by atoms with Crippen molar-refractivity contribution in [2.45, 2.75) is 32.1 Å². The molecule has 19 heavy (non-hydrogen) atoms. The molecule has 1 aromatic carbocycles. The van der Waals surface area contributed by atoms with E-state index < -0.39 is 0 Å². The second kappa shape index (κ2) is 10.2. The van der Waals surface area contributed by atoms with Gasteiger partial charge in [0.1, 0.15) is 0 Å². The van der Waals surface area contributed by atoms with E-state index in [1.807, 2.05) is 31.2 Å². The Bertz CT molecular complexity index is 370. The maximum atomic E-state index is 11.6. The first-order valence-corrected chi connectivity index (χ1v) is 7.07. The van der Waals surface area contributed by atoms with Crippen molar-refractivity contribution in [1.29, 1.82) is 0 Å². The zero-order valence-electron chi connectivity index (χ0n) is 11.1. The molecule has 3 nitrogen and oxygen atoms in total. The molecule has 0 aliphatic carbocycles. The Labute approximate surface area is 129 Å². The van der Waals surface area contributed by atoms with Crippen LogP contribution in [0.5, 0.6) is 0 Å². The molecule has 1 unspecified atom stereocenters. The van der Waals surface area contributed by atoms with Gasteiger partial charge < -0.3 is 10.5 Å². The number of rotatable bonds is 7. The number of nitrogens with two attached hydrogens (primary N) is 1. The van der Waals surface area contributed by atoms with Crippen LogP contribution in [0.1, 0.15) is 37.7 Å². The molecule has 0 radical (unpaired) electrons. The molecule has 1 aromatic rings. The molecule has 0 aromatic heterocycles. The van der Waals surface area contributed by atoms with Gasteiger partial charge in [0, 0.05) is 4.47 Å². The highest BCUT2D eigenvalue weighted by molar-refractivity contribution is 9.10. The van der Waals surface area contributed by atoms with Crippen LogP contribution >= 0.6 is 28.3 Å². The summed E-state index contributed by atoms with van der Waals surface area (Å²) in [5.74, 6) is 0.0585. The Kier molecular flexibility index (Phi) is 9.92. The number of benzene rings is 1. The van der Waals surface area contributed by atoms with Crippen LogP contribution < -0.4 is 5.73 Å². The van der Waals surface area contributed by atoms with E-state index in [0.717, 1.165) is 17.3 Å². The lowest BCUT2D eigenvalue weighted by atomic mass is 9.91. The predicted molar refractivity (Wildman–Crippen MR) is 83.7 cm³/mol. The second-order valence-corrected chi connectivity index (χ2v) is 5.10. The molecule has 0 saturated carbocycles. The smallest absolute Gasteiger partial charge is 0.306 e. The van der Waals surface area contributed by atoms with Crippen molar-refractivity contribution in [3.05, 3.63) is 34.3 Å². The average molecular weight is 351 g/mol. The van der Waals surface area contributed by atoms with Crippen LogP contribution in [-0.4, -0.2) is 19.1 Å². The maximum Gasteiger partial charge on any atom is 0.306 e. The standard InChI is InChI=1S/C14H20BrNO2.ClH/c1-2-18-14(17)10-12(4-3-9-16)11-5-7-13(15)8-6-11;/h5-8,12H,2-4,9-10,16H2,1H3;1H. The van der Waals surface area contributed by atoms with Gasteiger partial charge in [-0.05, 0) is 49.9 Å². The van der Waals surface area contributed by atoms with Gasteiger partial charge in [0.2, 0.25) is 0 Å². The molecule has 1 rings (SSSR count). The zero-order chi connectivity index (χ0) is 13.4. The Morgan fingerprint density at radius 1 is 1.37 bits per heavy atom. The summed E-state index contributed by atoms with van der Waals surface area (Å²) < 4.78 is 6.06.